The minimum atomic E-state index is -0.488. The summed E-state index contributed by atoms with van der Waals surface area (Å²) in [5, 5.41) is 10.8. The zero-order chi connectivity index (χ0) is 23.3. The maximum Gasteiger partial charge on any atom is 0.343 e. The second-order valence-corrected chi connectivity index (χ2v) is 8.29. The summed E-state index contributed by atoms with van der Waals surface area (Å²) in [4.78, 5) is 35.1. The highest BCUT2D eigenvalue weighted by atomic mass is 16.6. The molecule has 0 spiro atoms. The van der Waals surface area contributed by atoms with Crippen LogP contribution in [0.15, 0.2) is 78.9 Å². The molecule has 0 aliphatic rings. The summed E-state index contributed by atoms with van der Waals surface area (Å²) >= 11 is 0. The Morgan fingerprint density at radius 3 is 2.12 bits per heavy atom. The van der Waals surface area contributed by atoms with Gasteiger partial charge in [0.2, 0.25) is 0 Å². The number of nitrogens with zero attached hydrogens (tertiary/aromatic N) is 1. The number of nitro benzene ring substituents is 1. The van der Waals surface area contributed by atoms with Gasteiger partial charge in [0.15, 0.2) is 5.78 Å². The second kappa shape index (κ2) is 9.39. The Morgan fingerprint density at radius 2 is 1.53 bits per heavy atom. The van der Waals surface area contributed by atoms with Crippen molar-refractivity contribution in [3.05, 3.63) is 111 Å². The average Bonchev–Trinajstić information content (AvgIpc) is 2.77. The third-order valence-electron chi connectivity index (χ3n) is 4.84. The van der Waals surface area contributed by atoms with Gasteiger partial charge in [-0.3, -0.25) is 14.9 Å². The fourth-order valence-corrected chi connectivity index (χ4v) is 2.97. The maximum absolute atomic E-state index is 12.4. The zero-order valence-corrected chi connectivity index (χ0v) is 18.1. The Kier molecular flexibility index (Phi) is 6.64. The summed E-state index contributed by atoms with van der Waals surface area (Å²) in [6.45, 7) is 6.30. The van der Waals surface area contributed by atoms with Gasteiger partial charge < -0.3 is 4.74 Å². The van der Waals surface area contributed by atoms with Crippen molar-refractivity contribution in [2.24, 2.45) is 0 Å². The standard InChI is InChI=1S/C26H23NO5/c1-26(2,3)21-12-8-20(9-13-21)25(29)32-23-14-10-19(11-15-23)24(28)16-7-18-5-4-6-22(17-18)27(30)31/h4-17H,1-3H3. The molecule has 0 fully saturated rings. The van der Waals surface area contributed by atoms with Crippen molar-refractivity contribution in [1.29, 1.82) is 0 Å². The molecule has 0 amide bonds. The van der Waals surface area contributed by atoms with Crippen molar-refractivity contribution in [2.75, 3.05) is 0 Å². The minimum absolute atomic E-state index is 0.00548. The van der Waals surface area contributed by atoms with Gasteiger partial charge in [-0.05, 0) is 59.0 Å². The Morgan fingerprint density at radius 1 is 0.906 bits per heavy atom. The molecule has 32 heavy (non-hydrogen) atoms. The predicted octanol–water partition coefficient (Wildman–Crippen LogP) is 6.01. The first-order valence-corrected chi connectivity index (χ1v) is 10.0. The van der Waals surface area contributed by atoms with Gasteiger partial charge >= 0.3 is 5.97 Å². The highest BCUT2D eigenvalue weighted by Crippen LogP contribution is 2.23. The van der Waals surface area contributed by atoms with Crippen LogP contribution in [0, 0.1) is 10.1 Å². The molecule has 3 aromatic carbocycles. The molecule has 0 saturated carbocycles. The number of esters is 1. The number of allylic oxidation sites excluding steroid dienone is 1. The fourth-order valence-electron chi connectivity index (χ4n) is 2.97. The van der Waals surface area contributed by atoms with E-state index in [1.807, 2.05) is 12.1 Å². The quantitative estimate of drug-likeness (QED) is 0.120. The molecule has 3 aromatic rings. The van der Waals surface area contributed by atoms with E-state index < -0.39 is 10.9 Å². The lowest BCUT2D eigenvalue weighted by Gasteiger charge is -2.18. The van der Waals surface area contributed by atoms with Crippen LogP contribution in [0.25, 0.3) is 6.08 Å². The first kappa shape index (κ1) is 22.6. The van der Waals surface area contributed by atoms with Gasteiger partial charge in [-0.1, -0.05) is 51.1 Å². The Labute approximate surface area is 186 Å². The molecule has 0 N–H and O–H groups in total. The molecule has 0 aromatic heterocycles. The number of ketones is 1. The molecule has 6 heteroatoms. The van der Waals surface area contributed by atoms with Gasteiger partial charge in [0.1, 0.15) is 5.75 Å². The lowest BCUT2D eigenvalue weighted by atomic mass is 9.87. The van der Waals surface area contributed by atoms with Crippen molar-refractivity contribution < 1.29 is 19.2 Å². The predicted molar refractivity (Wildman–Crippen MR) is 123 cm³/mol. The van der Waals surface area contributed by atoms with Crippen LogP contribution >= 0.6 is 0 Å². The van der Waals surface area contributed by atoms with Crippen LogP contribution in [0.3, 0.4) is 0 Å². The topological polar surface area (TPSA) is 86.5 Å². The molecule has 0 unspecified atom stereocenters. The van der Waals surface area contributed by atoms with Gasteiger partial charge in [-0.2, -0.15) is 0 Å². The lowest BCUT2D eigenvalue weighted by Crippen LogP contribution is -2.13. The zero-order valence-electron chi connectivity index (χ0n) is 18.1. The molecule has 0 heterocycles. The molecule has 0 bridgehead atoms. The number of carbonyl (C=O) groups excluding carboxylic acids is 2. The molecular formula is C26H23NO5. The number of carbonyl (C=O) groups is 2. The minimum Gasteiger partial charge on any atom is -0.423 e. The van der Waals surface area contributed by atoms with Crippen LogP contribution < -0.4 is 4.74 Å². The van der Waals surface area contributed by atoms with Crippen molar-refractivity contribution in [3.63, 3.8) is 0 Å². The molecule has 0 aliphatic heterocycles. The van der Waals surface area contributed by atoms with E-state index in [4.69, 9.17) is 4.74 Å². The van der Waals surface area contributed by atoms with Crippen LogP contribution in [-0.2, 0) is 5.41 Å². The average molecular weight is 429 g/mol. The van der Waals surface area contributed by atoms with Gasteiger partial charge in [0.05, 0.1) is 10.5 Å². The number of hydrogen-bond donors (Lipinski definition) is 0. The fraction of sp³-hybridized carbons (Fsp3) is 0.154. The number of ether oxygens (including phenoxy) is 1. The summed E-state index contributed by atoms with van der Waals surface area (Å²) < 4.78 is 5.39. The van der Waals surface area contributed by atoms with E-state index in [0.29, 0.717) is 22.4 Å². The largest absolute Gasteiger partial charge is 0.423 e. The number of nitro groups is 1. The summed E-state index contributed by atoms with van der Waals surface area (Å²) in [6.07, 6.45) is 2.86. The van der Waals surface area contributed by atoms with Gasteiger partial charge in [-0.15, -0.1) is 0 Å². The van der Waals surface area contributed by atoms with E-state index >= 15 is 0 Å². The van der Waals surface area contributed by atoms with E-state index in [1.165, 1.54) is 24.3 Å². The first-order chi connectivity index (χ1) is 15.1. The highest BCUT2D eigenvalue weighted by Gasteiger charge is 2.15. The lowest BCUT2D eigenvalue weighted by molar-refractivity contribution is -0.384. The normalized spacial score (nSPS) is 11.3. The van der Waals surface area contributed by atoms with Crippen molar-refractivity contribution >= 4 is 23.5 Å². The van der Waals surface area contributed by atoms with E-state index in [9.17, 15) is 19.7 Å². The van der Waals surface area contributed by atoms with Crippen LogP contribution in [0.2, 0.25) is 0 Å². The van der Waals surface area contributed by atoms with Crippen LogP contribution in [0.5, 0.6) is 5.75 Å². The molecule has 0 atom stereocenters. The monoisotopic (exact) mass is 429 g/mol. The maximum atomic E-state index is 12.4. The third kappa shape index (κ3) is 5.76. The van der Waals surface area contributed by atoms with E-state index in [2.05, 4.69) is 20.8 Å². The number of benzene rings is 3. The SMILES string of the molecule is CC(C)(C)c1ccc(C(=O)Oc2ccc(C(=O)C=Cc3cccc([N+](=O)[O-])c3)cc2)cc1. The number of non-ortho nitro benzene ring substituents is 1. The third-order valence-corrected chi connectivity index (χ3v) is 4.84. The number of rotatable bonds is 6. The second-order valence-electron chi connectivity index (χ2n) is 8.29. The van der Waals surface area contributed by atoms with Crippen molar-refractivity contribution in [1.82, 2.24) is 0 Å². The molecule has 162 valence electrons. The van der Waals surface area contributed by atoms with Gasteiger partial charge in [-0.25, -0.2) is 4.79 Å². The Bertz CT molecular complexity index is 1170. The van der Waals surface area contributed by atoms with Crippen molar-refractivity contribution in [2.45, 2.75) is 26.2 Å². The molecule has 0 radical (unpaired) electrons. The highest BCUT2D eigenvalue weighted by molar-refractivity contribution is 6.06. The van der Waals surface area contributed by atoms with E-state index in [0.717, 1.165) is 5.56 Å². The van der Waals surface area contributed by atoms with E-state index in [-0.39, 0.29) is 16.9 Å². The molecule has 6 nitrogen and oxygen atoms in total. The summed E-state index contributed by atoms with van der Waals surface area (Å²) in [6, 6.07) is 19.5. The first-order valence-electron chi connectivity index (χ1n) is 10.0. The van der Waals surface area contributed by atoms with Crippen LogP contribution in [0.1, 0.15) is 52.6 Å². The molecule has 3 rings (SSSR count). The summed E-state index contributed by atoms with van der Waals surface area (Å²) in [7, 11) is 0. The van der Waals surface area contributed by atoms with Crippen LogP contribution in [-0.4, -0.2) is 16.7 Å². The Hall–Kier alpha value is -4.06. The van der Waals surface area contributed by atoms with Crippen molar-refractivity contribution in [3.8, 4) is 5.75 Å². The van der Waals surface area contributed by atoms with E-state index in [1.54, 1.807) is 48.5 Å². The Balaban J connectivity index is 1.64. The van der Waals surface area contributed by atoms with Crippen LogP contribution in [0.4, 0.5) is 5.69 Å². The van der Waals surface area contributed by atoms with Gasteiger partial charge in [0.25, 0.3) is 5.69 Å². The smallest absolute Gasteiger partial charge is 0.343 e. The van der Waals surface area contributed by atoms with Gasteiger partial charge in [0, 0.05) is 17.7 Å². The molecule has 0 aliphatic carbocycles. The number of hydrogen-bond acceptors (Lipinski definition) is 5. The summed E-state index contributed by atoms with van der Waals surface area (Å²) in [5.74, 6) is -0.420. The molecule has 0 saturated heterocycles. The molecular weight excluding hydrogens is 406 g/mol. The summed E-state index contributed by atoms with van der Waals surface area (Å²) in [5.41, 5.74) is 2.47.